The molecule has 4 nitrogen and oxygen atoms in total. The molecular formula is C22H26N2O2. The van der Waals surface area contributed by atoms with Crippen LogP contribution in [-0.4, -0.2) is 18.4 Å². The molecule has 0 unspecified atom stereocenters. The van der Waals surface area contributed by atoms with Crippen LogP contribution in [0.25, 0.3) is 0 Å². The van der Waals surface area contributed by atoms with Crippen molar-refractivity contribution in [3.8, 4) is 0 Å². The van der Waals surface area contributed by atoms with E-state index >= 15 is 0 Å². The van der Waals surface area contributed by atoms with E-state index in [1.54, 1.807) is 0 Å². The van der Waals surface area contributed by atoms with Gasteiger partial charge in [-0.15, -0.1) is 0 Å². The van der Waals surface area contributed by atoms with Crippen LogP contribution in [0.2, 0.25) is 0 Å². The molecule has 4 heteroatoms. The molecule has 1 aliphatic carbocycles. The number of amides is 2. The van der Waals surface area contributed by atoms with Crippen molar-refractivity contribution in [2.75, 3.05) is 11.9 Å². The van der Waals surface area contributed by atoms with E-state index in [0.717, 1.165) is 29.7 Å². The van der Waals surface area contributed by atoms with Crippen LogP contribution in [0.5, 0.6) is 0 Å². The lowest BCUT2D eigenvalue weighted by Gasteiger charge is -2.16. The molecule has 0 radical (unpaired) electrons. The molecule has 2 N–H and O–H groups in total. The topological polar surface area (TPSA) is 58.2 Å². The summed E-state index contributed by atoms with van der Waals surface area (Å²) in [5.74, 6) is -0.335. The normalized spacial score (nSPS) is 14.5. The third-order valence-electron chi connectivity index (χ3n) is 5.02. The Morgan fingerprint density at radius 2 is 1.73 bits per heavy atom. The van der Waals surface area contributed by atoms with Crippen LogP contribution in [0.4, 0.5) is 5.69 Å². The Labute approximate surface area is 155 Å². The number of hydrogen-bond acceptors (Lipinski definition) is 2. The monoisotopic (exact) mass is 350 g/mol. The highest BCUT2D eigenvalue weighted by Crippen LogP contribution is 2.47. The molecular weight excluding hydrogens is 324 g/mol. The zero-order valence-electron chi connectivity index (χ0n) is 15.5. The van der Waals surface area contributed by atoms with Crippen molar-refractivity contribution in [2.24, 2.45) is 5.41 Å². The van der Waals surface area contributed by atoms with E-state index in [-0.39, 0.29) is 11.8 Å². The molecule has 3 rings (SSSR count). The smallest absolute Gasteiger partial charge is 0.240 e. The Kier molecular flexibility index (Phi) is 5.40. The zero-order chi connectivity index (χ0) is 18.6. The quantitative estimate of drug-likeness (QED) is 0.590. The summed E-state index contributed by atoms with van der Waals surface area (Å²) in [6, 6.07) is 16.1. The molecule has 0 aromatic heterocycles. The van der Waals surface area contributed by atoms with Gasteiger partial charge in [0, 0.05) is 12.2 Å². The SMILES string of the molecule is Cc1ccc(NC(=O)C2(C(=O)NCCCc3ccccc3)CC2)c(C)c1. The molecule has 0 spiro atoms. The fourth-order valence-electron chi connectivity index (χ4n) is 3.19. The van der Waals surface area contributed by atoms with Crippen molar-refractivity contribution in [2.45, 2.75) is 39.5 Å². The van der Waals surface area contributed by atoms with E-state index in [1.165, 1.54) is 5.56 Å². The maximum atomic E-state index is 12.7. The number of nitrogens with one attached hydrogen (secondary N) is 2. The first-order valence-electron chi connectivity index (χ1n) is 9.22. The first kappa shape index (κ1) is 18.2. The van der Waals surface area contributed by atoms with Gasteiger partial charge in [-0.2, -0.15) is 0 Å². The van der Waals surface area contributed by atoms with Crippen molar-refractivity contribution in [1.82, 2.24) is 5.32 Å². The van der Waals surface area contributed by atoms with E-state index in [0.29, 0.717) is 19.4 Å². The summed E-state index contributed by atoms with van der Waals surface area (Å²) in [4.78, 5) is 25.2. The predicted molar refractivity (Wildman–Crippen MR) is 104 cm³/mol. The zero-order valence-corrected chi connectivity index (χ0v) is 15.5. The van der Waals surface area contributed by atoms with E-state index in [2.05, 4.69) is 22.8 Å². The summed E-state index contributed by atoms with van der Waals surface area (Å²) in [6.45, 7) is 4.57. The van der Waals surface area contributed by atoms with Crippen molar-refractivity contribution in [3.05, 3.63) is 65.2 Å². The van der Waals surface area contributed by atoms with Crippen LogP contribution in [0.1, 0.15) is 36.0 Å². The largest absolute Gasteiger partial charge is 0.355 e. The van der Waals surface area contributed by atoms with Gasteiger partial charge in [0.05, 0.1) is 0 Å². The van der Waals surface area contributed by atoms with E-state index in [9.17, 15) is 9.59 Å². The fraction of sp³-hybridized carbons (Fsp3) is 0.364. The third kappa shape index (κ3) is 4.13. The average molecular weight is 350 g/mol. The van der Waals surface area contributed by atoms with Crippen LogP contribution in [0, 0.1) is 19.3 Å². The molecule has 26 heavy (non-hydrogen) atoms. The Bertz CT molecular complexity index is 795. The van der Waals surface area contributed by atoms with Crippen LogP contribution in [-0.2, 0) is 16.0 Å². The maximum Gasteiger partial charge on any atom is 0.240 e. The Balaban J connectivity index is 1.51. The van der Waals surface area contributed by atoms with Gasteiger partial charge in [0.2, 0.25) is 11.8 Å². The average Bonchev–Trinajstić information content (AvgIpc) is 3.44. The second-order valence-corrected chi connectivity index (χ2v) is 7.20. The second kappa shape index (κ2) is 7.73. The molecule has 0 saturated heterocycles. The molecule has 2 aromatic carbocycles. The highest BCUT2D eigenvalue weighted by molar-refractivity contribution is 6.13. The van der Waals surface area contributed by atoms with Gasteiger partial charge in [-0.3, -0.25) is 9.59 Å². The standard InChI is InChI=1S/C22H26N2O2/c1-16-10-11-19(17(2)15-16)24-21(26)22(12-13-22)20(25)23-14-6-9-18-7-4-3-5-8-18/h3-5,7-8,10-11,15H,6,9,12-14H2,1-2H3,(H,23,25)(H,24,26). The first-order valence-corrected chi connectivity index (χ1v) is 9.22. The number of benzene rings is 2. The summed E-state index contributed by atoms with van der Waals surface area (Å²) in [5, 5.41) is 5.88. The van der Waals surface area contributed by atoms with Crippen molar-refractivity contribution in [1.29, 1.82) is 0 Å². The predicted octanol–water partition coefficient (Wildman–Crippen LogP) is 3.77. The van der Waals surface area contributed by atoms with Gasteiger partial charge >= 0.3 is 0 Å². The number of anilines is 1. The number of hydrogen-bond donors (Lipinski definition) is 2. The summed E-state index contributed by atoms with van der Waals surface area (Å²) in [7, 11) is 0. The van der Waals surface area contributed by atoms with Gasteiger partial charge in [-0.1, -0.05) is 48.0 Å². The van der Waals surface area contributed by atoms with Crippen molar-refractivity contribution < 1.29 is 9.59 Å². The minimum atomic E-state index is -0.885. The highest BCUT2D eigenvalue weighted by atomic mass is 16.2. The molecule has 0 aliphatic heterocycles. The molecule has 1 fully saturated rings. The van der Waals surface area contributed by atoms with Gasteiger partial charge in [-0.05, 0) is 56.7 Å². The van der Waals surface area contributed by atoms with Crippen LogP contribution < -0.4 is 10.6 Å². The number of carbonyl (C=O) groups excluding carboxylic acids is 2. The summed E-state index contributed by atoms with van der Waals surface area (Å²) in [6.07, 6.45) is 3.02. The number of carbonyl (C=O) groups is 2. The lowest BCUT2D eigenvalue weighted by atomic mass is 10.0. The minimum Gasteiger partial charge on any atom is -0.355 e. The molecule has 2 amide bonds. The van der Waals surface area contributed by atoms with E-state index < -0.39 is 5.41 Å². The third-order valence-corrected chi connectivity index (χ3v) is 5.02. The Morgan fingerprint density at radius 3 is 2.38 bits per heavy atom. The minimum absolute atomic E-state index is 0.146. The maximum absolute atomic E-state index is 12.7. The van der Waals surface area contributed by atoms with Gasteiger partial charge < -0.3 is 10.6 Å². The number of aryl methyl sites for hydroxylation is 3. The van der Waals surface area contributed by atoms with Crippen LogP contribution in [0.15, 0.2) is 48.5 Å². The fourth-order valence-corrected chi connectivity index (χ4v) is 3.19. The second-order valence-electron chi connectivity index (χ2n) is 7.20. The summed E-state index contributed by atoms with van der Waals surface area (Å²) >= 11 is 0. The van der Waals surface area contributed by atoms with Gasteiger partial charge in [0.1, 0.15) is 5.41 Å². The Hall–Kier alpha value is -2.62. The molecule has 136 valence electrons. The first-order chi connectivity index (χ1) is 12.5. The molecule has 0 heterocycles. The molecule has 2 aromatic rings. The van der Waals surface area contributed by atoms with Gasteiger partial charge in [0.15, 0.2) is 0 Å². The van der Waals surface area contributed by atoms with Crippen molar-refractivity contribution in [3.63, 3.8) is 0 Å². The van der Waals surface area contributed by atoms with E-state index in [4.69, 9.17) is 0 Å². The molecule has 0 atom stereocenters. The lowest BCUT2D eigenvalue weighted by molar-refractivity contribution is -0.134. The molecule has 1 saturated carbocycles. The van der Waals surface area contributed by atoms with Gasteiger partial charge in [0.25, 0.3) is 0 Å². The Morgan fingerprint density at radius 1 is 1.00 bits per heavy atom. The highest BCUT2D eigenvalue weighted by Gasteiger charge is 2.56. The van der Waals surface area contributed by atoms with Crippen LogP contribution in [0.3, 0.4) is 0 Å². The van der Waals surface area contributed by atoms with E-state index in [1.807, 2.05) is 50.2 Å². The van der Waals surface area contributed by atoms with Gasteiger partial charge in [-0.25, -0.2) is 0 Å². The summed E-state index contributed by atoms with van der Waals surface area (Å²) < 4.78 is 0. The lowest BCUT2D eigenvalue weighted by Crippen LogP contribution is -2.40. The molecule has 1 aliphatic rings. The summed E-state index contributed by atoms with van der Waals surface area (Å²) in [5.41, 5.74) is 3.32. The van der Waals surface area contributed by atoms with Crippen LogP contribution >= 0.6 is 0 Å². The van der Waals surface area contributed by atoms with Crippen molar-refractivity contribution >= 4 is 17.5 Å². The molecule has 0 bridgehead atoms. The number of rotatable bonds is 7.